The first-order valence-electron chi connectivity index (χ1n) is 7.80. The van der Waals surface area contributed by atoms with Crippen LogP contribution in [0.2, 0.25) is 5.02 Å². The highest BCUT2D eigenvalue weighted by molar-refractivity contribution is 6.30. The van der Waals surface area contributed by atoms with Crippen LogP contribution in [0, 0.1) is 25.2 Å². The van der Waals surface area contributed by atoms with Crippen LogP contribution in [-0.4, -0.2) is 24.2 Å². The first-order valence-corrected chi connectivity index (χ1v) is 8.18. The smallest absolute Gasteiger partial charge is 0.266 e. The molecule has 0 aliphatic rings. The molecule has 0 fully saturated rings. The van der Waals surface area contributed by atoms with Gasteiger partial charge in [-0.15, -0.1) is 0 Å². The first-order chi connectivity index (χ1) is 12.0. The van der Waals surface area contributed by atoms with E-state index in [-0.39, 0.29) is 5.57 Å². The lowest BCUT2D eigenvalue weighted by Gasteiger charge is -2.08. The summed E-state index contributed by atoms with van der Waals surface area (Å²) in [6.07, 6.45) is 1.61. The van der Waals surface area contributed by atoms with E-state index < -0.39 is 5.91 Å². The molecule has 25 heavy (non-hydrogen) atoms. The molecule has 0 bridgehead atoms. The van der Waals surface area contributed by atoms with Crippen LogP contribution in [0.25, 0.3) is 6.08 Å². The van der Waals surface area contributed by atoms with E-state index in [1.165, 1.54) is 0 Å². The minimum absolute atomic E-state index is 0.0435. The molecule has 1 aromatic carbocycles. The molecule has 0 aliphatic heterocycles. The number of carbonyl (C=O) groups excluding carboxylic acids is 1. The second-order valence-corrected chi connectivity index (χ2v) is 6.04. The van der Waals surface area contributed by atoms with Crippen LogP contribution >= 0.6 is 11.6 Å². The molecular formula is C19H20ClN3O2. The summed E-state index contributed by atoms with van der Waals surface area (Å²) in [7, 11) is 1.66. The molecule has 2 rings (SSSR count). The highest BCUT2D eigenvalue weighted by Gasteiger charge is 2.13. The van der Waals surface area contributed by atoms with Crippen molar-refractivity contribution >= 4 is 29.3 Å². The van der Waals surface area contributed by atoms with E-state index in [2.05, 4.69) is 9.88 Å². The van der Waals surface area contributed by atoms with Gasteiger partial charge in [0.1, 0.15) is 11.6 Å². The number of aryl methyl sites for hydroxylation is 1. The summed E-state index contributed by atoms with van der Waals surface area (Å²) in [4.78, 5) is 12.3. The van der Waals surface area contributed by atoms with Crippen molar-refractivity contribution < 1.29 is 9.53 Å². The van der Waals surface area contributed by atoms with Gasteiger partial charge >= 0.3 is 0 Å². The molecule has 0 atom stereocenters. The highest BCUT2D eigenvalue weighted by atomic mass is 35.5. The minimum atomic E-state index is -0.452. The monoisotopic (exact) mass is 357 g/mol. The predicted molar refractivity (Wildman–Crippen MR) is 99.5 cm³/mol. The fourth-order valence-electron chi connectivity index (χ4n) is 2.54. The van der Waals surface area contributed by atoms with E-state index >= 15 is 0 Å². The molecule has 0 saturated carbocycles. The van der Waals surface area contributed by atoms with Gasteiger partial charge in [-0.05, 0) is 55.8 Å². The molecule has 0 unspecified atom stereocenters. The van der Waals surface area contributed by atoms with Crippen LogP contribution in [0.15, 0.2) is 35.9 Å². The van der Waals surface area contributed by atoms with Crippen LogP contribution < -0.4 is 5.32 Å². The van der Waals surface area contributed by atoms with Crippen molar-refractivity contribution in [3.63, 3.8) is 0 Å². The number of nitriles is 1. The van der Waals surface area contributed by atoms with Gasteiger partial charge in [-0.3, -0.25) is 4.79 Å². The predicted octanol–water partition coefficient (Wildman–Crippen LogP) is 3.95. The normalized spacial score (nSPS) is 11.2. The van der Waals surface area contributed by atoms with E-state index in [0.717, 1.165) is 23.5 Å². The van der Waals surface area contributed by atoms with Crippen LogP contribution in [0.4, 0.5) is 5.69 Å². The molecule has 1 amide bonds. The standard InChI is InChI=1S/C19H20ClN3O2/c1-13-10-15(14(2)23(13)8-9-25-3)11-16(12-21)19(24)22-18-6-4-17(20)5-7-18/h4-7,10-11H,8-9H2,1-3H3,(H,22,24)/b16-11+. The quantitative estimate of drug-likeness (QED) is 0.628. The Labute approximate surface area is 152 Å². The number of nitrogens with one attached hydrogen (secondary N) is 1. The van der Waals surface area contributed by atoms with E-state index in [1.807, 2.05) is 26.0 Å². The average Bonchev–Trinajstić information content (AvgIpc) is 2.86. The molecule has 0 aliphatic carbocycles. The Morgan fingerprint density at radius 3 is 2.64 bits per heavy atom. The molecule has 2 aromatic rings. The third-order valence-corrected chi connectivity index (χ3v) is 4.15. The summed E-state index contributed by atoms with van der Waals surface area (Å²) < 4.78 is 7.22. The number of ether oxygens (including phenoxy) is 1. The van der Waals surface area contributed by atoms with Crippen LogP contribution in [0.5, 0.6) is 0 Å². The zero-order valence-electron chi connectivity index (χ0n) is 14.5. The zero-order valence-corrected chi connectivity index (χ0v) is 15.2. The molecule has 6 heteroatoms. The van der Waals surface area contributed by atoms with Gasteiger partial charge in [0.15, 0.2) is 0 Å². The number of nitrogens with zero attached hydrogens (tertiary/aromatic N) is 2. The molecular weight excluding hydrogens is 338 g/mol. The minimum Gasteiger partial charge on any atom is -0.383 e. The first kappa shape index (κ1) is 18.8. The highest BCUT2D eigenvalue weighted by Crippen LogP contribution is 2.19. The molecule has 0 radical (unpaired) electrons. The van der Waals surface area contributed by atoms with Crippen molar-refractivity contribution in [2.75, 3.05) is 19.0 Å². The molecule has 0 spiro atoms. The number of halogens is 1. The number of anilines is 1. The maximum Gasteiger partial charge on any atom is 0.266 e. The number of hydrogen-bond donors (Lipinski definition) is 1. The van der Waals surface area contributed by atoms with E-state index in [9.17, 15) is 10.1 Å². The fraction of sp³-hybridized carbons (Fsp3) is 0.263. The summed E-state index contributed by atoms with van der Waals surface area (Å²) in [6.45, 7) is 5.27. The number of amides is 1. The Balaban J connectivity index is 2.23. The van der Waals surface area contributed by atoms with Gasteiger partial charge in [0.05, 0.1) is 6.61 Å². The van der Waals surface area contributed by atoms with Crippen molar-refractivity contribution in [1.82, 2.24) is 4.57 Å². The lowest BCUT2D eigenvalue weighted by atomic mass is 10.1. The Hall–Kier alpha value is -2.55. The van der Waals surface area contributed by atoms with Gasteiger partial charge in [0, 0.05) is 35.8 Å². The van der Waals surface area contributed by atoms with Crippen molar-refractivity contribution in [1.29, 1.82) is 5.26 Å². The van der Waals surface area contributed by atoms with Crippen molar-refractivity contribution in [3.8, 4) is 6.07 Å². The number of benzene rings is 1. The zero-order chi connectivity index (χ0) is 18.4. The van der Waals surface area contributed by atoms with Crippen LogP contribution in [-0.2, 0) is 16.1 Å². The number of hydrogen-bond acceptors (Lipinski definition) is 3. The summed E-state index contributed by atoms with van der Waals surface area (Å²) in [5.41, 5.74) is 3.51. The maximum atomic E-state index is 12.3. The third-order valence-electron chi connectivity index (χ3n) is 3.90. The topological polar surface area (TPSA) is 67.0 Å². The molecule has 5 nitrogen and oxygen atoms in total. The van der Waals surface area contributed by atoms with Gasteiger partial charge in [-0.1, -0.05) is 11.6 Å². The van der Waals surface area contributed by atoms with Gasteiger partial charge in [0.25, 0.3) is 5.91 Å². The van der Waals surface area contributed by atoms with Crippen molar-refractivity contribution in [3.05, 3.63) is 57.9 Å². The lowest BCUT2D eigenvalue weighted by molar-refractivity contribution is -0.112. The lowest BCUT2D eigenvalue weighted by Crippen LogP contribution is -2.13. The fourth-order valence-corrected chi connectivity index (χ4v) is 2.66. The summed E-state index contributed by atoms with van der Waals surface area (Å²) in [5, 5.41) is 12.6. The van der Waals surface area contributed by atoms with E-state index in [1.54, 1.807) is 37.5 Å². The maximum absolute atomic E-state index is 12.3. The van der Waals surface area contributed by atoms with Crippen LogP contribution in [0.3, 0.4) is 0 Å². The third kappa shape index (κ3) is 4.72. The number of aromatic nitrogens is 1. The molecule has 1 heterocycles. The van der Waals surface area contributed by atoms with Crippen molar-refractivity contribution in [2.45, 2.75) is 20.4 Å². The second kappa shape index (κ2) is 8.52. The Kier molecular flexibility index (Phi) is 6.40. The number of rotatable bonds is 6. The van der Waals surface area contributed by atoms with Gasteiger partial charge in [-0.25, -0.2) is 0 Å². The SMILES string of the molecule is COCCn1c(C)cc(/C=C(\C#N)C(=O)Nc2ccc(Cl)cc2)c1C. The Bertz CT molecular complexity index is 830. The molecule has 0 saturated heterocycles. The molecule has 130 valence electrons. The average molecular weight is 358 g/mol. The van der Waals surface area contributed by atoms with E-state index in [4.69, 9.17) is 16.3 Å². The summed E-state index contributed by atoms with van der Waals surface area (Å²) >= 11 is 5.83. The van der Waals surface area contributed by atoms with Gasteiger partial charge in [0.2, 0.25) is 0 Å². The molecule has 1 aromatic heterocycles. The number of carbonyl (C=O) groups is 1. The van der Waals surface area contributed by atoms with Crippen LogP contribution in [0.1, 0.15) is 17.0 Å². The second-order valence-electron chi connectivity index (χ2n) is 5.60. The molecule has 1 N–H and O–H groups in total. The Morgan fingerprint density at radius 2 is 2.04 bits per heavy atom. The summed E-state index contributed by atoms with van der Waals surface area (Å²) in [5.74, 6) is -0.452. The van der Waals surface area contributed by atoms with E-state index in [0.29, 0.717) is 17.3 Å². The Morgan fingerprint density at radius 1 is 1.36 bits per heavy atom. The number of methoxy groups -OCH3 is 1. The van der Waals surface area contributed by atoms with Gasteiger partial charge < -0.3 is 14.6 Å². The largest absolute Gasteiger partial charge is 0.383 e. The van der Waals surface area contributed by atoms with Crippen molar-refractivity contribution in [2.24, 2.45) is 0 Å². The summed E-state index contributed by atoms with van der Waals surface area (Å²) in [6, 6.07) is 10.7. The van der Waals surface area contributed by atoms with Gasteiger partial charge in [-0.2, -0.15) is 5.26 Å².